The third-order valence-corrected chi connectivity index (χ3v) is 4.67. The van der Waals surface area contributed by atoms with Gasteiger partial charge in [0.1, 0.15) is 17.8 Å². The van der Waals surface area contributed by atoms with E-state index in [0.29, 0.717) is 18.3 Å². The lowest BCUT2D eigenvalue weighted by atomic mass is 9.97. The largest absolute Gasteiger partial charge is 0.330 e. The van der Waals surface area contributed by atoms with E-state index in [0.717, 1.165) is 37.7 Å². The molecule has 1 saturated heterocycles. The molecule has 1 aliphatic heterocycles. The molecule has 0 bridgehead atoms. The molecule has 24 heavy (non-hydrogen) atoms. The van der Waals surface area contributed by atoms with E-state index in [1.165, 1.54) is 12.4 Å². The minimum atomic E-state index is -0.258. The number of hydrogen-bond donors (Lipinski definition) is 1. The zero-order valence-corrected chi connectivity index (χ0v) is 13.3. The van der Waals surface area contributed by atoms with Crippen LogP contribution in [0.2, 0.25) is 0 Å². The molecule has 1 unspecified atom stereocenters. The first kappa shape index (κ1) is 15.0. The predicted octanol–water partition coefficient (Wildman–Crippen LogP) is 1.80. The molecule has 4 rings (SSSR count). The van der Waals surface area contributed by atoms with Crippen molar-refractivity contribution in [1.82, 2.24) is 24.8 Å². The normalized spacial score (nSPS) is 20.8. The first-order valence-corrected chi connectivity index (χ1v) is 8.39. The van der Waals surface area contributed by atoms with Gasteiger partial charge >= 0.3 is 0 Å². The number of carbonyl (C=O) groups excluding carboxylic acids is 1. The Bertz CT molecular complexity index is 800. The first-order chi connectivity index (χ1) is 11.7. The molecule has 3 heterocycles. The molecule has 7 nitrogen and oxygen atoms in total. The SMILES string of the molecule is O=C(c1cc(=O)[nH]c(C2CC2)n1)N1CCCCC1c1cncnc1. The van der Waals surface area contributed by atoms with Gasteiger partial charge in [-0.25, -0.2) is 15.0 Å². The van der Waals surface area contributed by atoms with Gasteiger partial charge in [-0.15, -0.1) is 0 Å². The van der Waals surface area contributed by atoms with Crippen molar-refractivity contribution in [2.24, 2.45) is 0 Å². The molecule has 2 fully saturated rings. The minimum Gasteiger partial charge on any atom is -0.330 e. The van der Waals surface area contributed by atoms with E-state index in [2.05, 4.69) is 19.9 Å². The topological polar surface area (TPSA) is 91.8 Å². The van der Waals surface area contributed by atoms with E-state index in [4.69, 9.17) is 0 Å². The van der Waals surface area contributed by atoms with Crippen LogP contribution in [0.25, 0.3) is 0 Å². The van der Waals surface area contributed by atoms with Crippen molar-refractivity contribution < 1.29 is 4.79 Å². The molecule has 7 heteroatoms. The highest BCUT2D eigenvalue weighted by molar-refractivity contribution is 5.92. The van der Waals surface area contributed by atoms with E-state index in [1.807, 2.05) is 0 Å². The van der Waals surface area contributed by atoms with Gasteiger partial charge in [0.2, 0.25) is 0 Å². The molecule has 2 aromatic heterocycles. The van der Waals surface area contributed by atoms with Gasteiger partial charge in [-0.05, 0) is 32.1 Å². The van der Waals surface area contributed by atoms with E-state index >= 15 is 0 Å². The summed E-state index contributed by atoms with van der Waals surface area (Å²) in [6, 6.07) is 1.25. The third kappa shape index (κ3) is 2.93. The maximum atomic E-state index is 13.0. The van der Waals surface area contributed by atoms with Crippen molar-refractivity contribution in [1.29, 1.82) is 0 Å². The Kier molecular flexibility index (Phi) is 3.84. The highest BCUT2D eigenvalue weighted by Crippen LogP contribution is 2.37. The molecule has 2 aromatic rings. The molecule has 0 radical (unpaired) electrons. The van der Waals surface area contributed by atoms with Crippen LogP contribution in [0.3, 0.4) is 0 Å². The zero-order chi connectivity index (χ0) is 16.5. The summed E-state index contributed by atoms with van der Waals surface area (Å²) in [6.45, 7) is 0.658. The molecular formula is C17H19N5O2. The first-order valence-electron chi connectivity index (χ1n) is 8.39. The van der Waals surface area contributed by atoms with Crippen LogP contribution in [0.4, 0.5) is 0 Å². The van der Waals surface area contributed by atoms with E-state index in [1.54, 1.807) is 17.3 Å². The van der Waals surface area contributed by atoms with Crippen molar-refractivity contribution in [2.75, 3.05) is 6.54 Å². The molecule has 1 amide bonds. The molecule has 1 N–H and O–H groups in total. The van der Waals surface area contributed by atoms with Crippen molar-refractivity contribution in [3.8, 4) is 0 Å². The van der Waals surface area contributed by atoms with Crippen LogP contribution in [0.15, 0.2) is 29.6 Å². The van der Waals surface area contributed by atoms with Gasteiger partial charge in [-0.1, -0.05) is 0 Å². The summed E-state index contributed by atoms with van der Waals surface area (Å²) in [4.78, 5) is 42.0. The highest BCUT2D eigenvalue weighted by Gasteiger charge is 2.32. The molecule has 1 atom stereocenters. The number of hydrogen-bond acceptors (Lipinski definition) is 5. The van der Waals surface area contributed by atoms with Crippen molar-refractivity contribution in [2.45, 2.75) is 44.1 Å². The Balaban J connectivity index is 1.65. The van der Waals surface area contributed by atoms with Crippen LogP contribution in [0.5, 0.6) is 0 Å². The smallest absolute Gasteiger partial charge is 0.273 e. The molecule has 2 aliphatic rings. The fraction of sp³-hybridized carbons (Fsp3) is 0.471. The Morgan fingerprint density at radius 2 is 1.96 bits per heavy atom. The van der Waals surface area contributed by atoms with Gasteiger partial charge in [0, 0.05) is 36.5 Å². The van der Waals surface area contributed by atoms with Crippen LogP contribution in [-0.4, -0.2) is 37.3 Å². The predicted molar refractivity (Wildman–Crippen MR) is 86.5 cm³/mol. The van der Waals surface area contributed by atoms with E-state index < -0.39 is 0 Å². The Labute approximate surface area is 139 Å². The number of aromatic nitrogens is 4. The lowest BCUT2D eigenvalue weighted by molar-refractivity contribution is 0.0604. The lowest BCUT2D eigenvalue weighted by Crippen LogP contribution is -2.39. The number of amides is 1. The molecule has 0 spiro atoms. The molecule has 0 aromatic carbocycles. The second-order valence-electron chi connectivity index (χ2n) is 6.47. The van der Waals surface area contributed by atoms with Gasteiger partial charge in [0.05, 0.1) is 6.04 Å². The van der Waals surface area contributed by atoms with Gasteiger partial charge in [-0.3, -0.25) is 9.59 Å². The summed E-state index contributed by atoms with van der Waals surface area (Å²) in [5.74, 6) is 0.754. The van der Waals surface area contributed by atoms with E-state index in [-0.39, 0.29) is 23.2 Å². The fourth-order valence-corrected chi connectivity index (χ4v) is 3.29. The van der Waals surface area contributed by atoms with Crippen LogP contribution in [0, 0.1) is 0 Å². The standard InChI is InChI=1S/C17H19N5O2/c23-15-7-13(20-16(21-15)11-4-5-11)17(24)22-6-2-1-3-14(22)12-8-18-10-19-9-12/h7-11,14H,1-6H2,(H,20,21,23). The Morgan fingerprint density at radius 1 is 1.17 bits per heavy atom. The number of nitrogens with one attached hydrogen (secondary N) is 1. The van der Waals surface area contributed by atoms with Crippen molar-refractivity contribution in [3.05, 3.63) is 52.2 Å². The number of likely N-dealkylation sites (tertiary alicyclic amines) is 1. The molecule has 1 aliphatic carbocycles. The van der Waals surface area contributed by atoms with Crippen LogP contribution >= 0.6 is 0 Å². The number of rotatable bonds is 3. The number of aromatic amines is 1. The average molecular weight is 325 g/mol. The summed E-state index contributed by atoms with van der Waals surface area (Å²) in [7, 11) is 0. The second-order valence-corrected chi connectivity index (χ2v) is 6.47. The summed E-state index contributed by atoms with van der Waals surface area (Å²) in [6.07, 6.45) is 9.92. The quantitative estimate of drug-likeness (QED) is 0.929. The summed E-state index contributed by atoms with van der Waals surface area (Å²) in [5.41, 5.74) is 0.911. The van der Waals surface area contributed by atoms with E-state index in [9.17, 15) is 9.59 Å². The number of H-pyrrole nitrogens is 1. The molecule has 1 saturated carbocycles. The van der Waals surface area contributed by atoms with Crippen LogP contribution in [0.1, 0.15) is 65.9 Å². The maximum absolute atomic E-state index is 13.0. The van der Waals surface area contributed by atoms with Crippen LogP contribution in [-0.2, 0) is 0 Å². The van der Waals surface area contributed by atoms with Crippen molar-refractivity contribution >= 4 is 5.91 Å². The second kappa shape index (κ2) is 6.14. The average Bonchev–Trinajstić information content (AvgIpc) is 3.46. The number of piperidine rings is 1. The monoisotopic (exact) mass is 325 g/mol. The van der Waals surface area contributed by atoms with Gasteiger partial charge in [0.15, 0.2) is 0 Å². The summed E-state index contributed by atoms with van der Waals surface area (Å²) < 4.78 is 0. The number of nitrogens with zero attached hydrogens (tertiary/aromatic N) is 4. The molecular weight excluding hydrogens is 306 g/mol. The highest BCUT2D eigenvalue weighted by atomic mass is 16.2. The molecule has 124 valence electrons. The number of carbonyl (C=O) groups is 1. The van der Waals surface area contributed by atoms with Gasteiger partial charge in [-0.2, -0.15) is 0 Å². The van der Waals surface area contributed by atoms with Gasteiger partial charge in [0.25, 0.3) is 11.5 Å². The fourth-order valence-electron chi connectivity index (χ4n) is 3.29. The third-order valence-electron chi connectivity index (χ3n) is 4.67. The zero-order valence-electron chi connectivity index (χ0n) is 13.3. The minimum absolute atomic E-state index is 0.0575. The lowest BCUT2D eigenvalue weighted by Gasteiger charge is -2.35. The van der Waals surface area contributed by atoms with Crippen molar-refractivity contribution in [3.63, 3.8) is 0 Å². The maximum Gasteiger partial charge on any atom is 0.273 e. The summed E-state index contributed by atoms with van der Waals surface area (Å²) >= 11 is 0. The van der Waals surface area contributed by atoms with Crippen LogP contribution < -0.4 is 5.56 Å². The summed E-state index contributed by atoms with van der Waals surface area (Å²) in [5, 5.41) is 0. The Morgan fingerprint density at radius 3 is 2.71 bits per heavy atom. The Hall–Kier alpha value is -2.57. The van der Waals surface area contributed by atoms with Gasteiger partial charge < -0.3 is 9.88 Å².